The molecule has 2 aromatic rings. The van der Waals surface area contributed by atoms with Gasteiger partial charge in [0.2, 0.25) is 0 Å². The molecule has 0 aliphatic carbocycles. The topological polar surface area (TPSA) is 64.0 Å². The van der Waals surface area contributed by atoms with E-state index in [-0.39, 0.29) is 28.7 Å². The van der Waals surface area contributed by atoms with Crippen LogP contribution in [0.5, 0.6) is 0 Å². The van der Waals surface area contributed by atoms with Gasteiger partial charge in [0.1, 0.15) is 0 Å². The lowest BCUT2D eigenvalue weighted by Gasteiger charge is -2.21. The van der Waals surface area contributed by atoms with Crippen molar-refractivity contribution in [2.75, 3.05) is 0 Å². The summed E-state index contributed by atoms with van der Waals surface area (Å²) in [6.07, 6.45) is 0. The SMILES string of the molecule is CC(C)n1nc(C(=O)NC(C)(C)C)c2ccccc2c1=O. The number of amides is 1. The third kappa shape index (κ3) is 3.12. The number of benzene rings is 1. The van der Waals surface area contributed by atoms with Gasteiger partial charge in [0.15, 0.2) is 5.69 Å². The first kappa shape index (κ1) is 15.2. The minimum atomic E-state index is -0.362. The van der Waals surface area contributed by atoms with Crippen LogP contribution in [0.25, 0.3) is 10.8 Å². The highest BCUT2D eigenvalue weighted by Gasteiger charge is 2.21. The summed E-state index contributed by atoms with van der Waals surface area (Å²) in [5.41, 5.74) is -0.250. The van der Waals surface area contributed by atoms with E-state index in [0.29, 0.717) is 10.8 Å². The Morgan fingerprint density at radius 3 is 2.29 bits per heavy atom. The van der Waals surface area contributed by atoms with Crippen LogP contribution in [-0.2, 0) is 0 Å². The summed E-state index contributed by atoms with van der Waals surface area (Å²) in [5, 5.41) is 8.27. The second kappa shape index (κ2) is 5.31. The molecule has 0 radical (unpaired) electrons. The Kier molecular flexibility index (Phi) is 3.85. The molecule has 0 saturated carbocycles. The Bertz CT molecular complexity index is 739. The van der Waals surface area contributed by atoms with Gasteiger partial charge in [-0.2, -0.15) is 5.10 Å². The molecule has 5 heteroatoms. The van der Waals surface area contributed by atoms with Crippen LogP contribution in [0.3, 0.4) is 0 Å². The van der Waals surface area contributed by atoms with Crippen molar-refractivity contribution in [2.45, 2.75) is 46.2 Å². The first-order valence-corrected chi connectivity index (χ1v) is 7.05. The molecule has 112 valence electrons. The summed E-state index contributed by atoms with van der Waals surface area (Å²) in [5.74, 6) is -0.270. The van der Waals surface area contributed by atoms with Crippen molar-refractivity contribution in [2.24, 2.45) is 0 Å². The van der Waals surface area contributed by atoms with Crippen LogP contribution < -0.4 is 10.9 Å². The summed E-state index contributed by atoms with van der Waals surface area (Å²) in [4.78, 5) is 24.9. The normalized spacial score (nSPS) is 11.9. The molecular weight excluding hydrogens is 266 g/mol. The Morgan fingerprint density at radius 2 is 1.76 bits per heavy atom. The smallest absolute Gasteiger partial charge is 0.274 e. The van der Waals surface area contributed by atoms with Crippen molar-refractivity contribution >= 4 is 16.7 Å². The maximum absolute atomic E-state index is 12.5. The molecule has 0 aliphatic heterocycles. The fraction of sp³-hybridized carbons (Fsp3) is 0.438. The number of fused-ring (bicyclic) bond motifs is 1. The minimum absolute atomic E-state index is 0.108. The highest BCUT2D eigenvalue weighted by atomic mass is 16.2. The van der Waals surface area contributed by atoms with Crippen molar-refractivity contribution in [1.82, 2.24) is 15.1 Å². The van der Waals surface area contributed by atoms with Crippen molar-refractivity contribution in [1.29, 1.82) is 0 Å². The van der Waals surface area contributed by atoms with Gasteiger partial charge in [-0.05, 0) is 40.7 Å². The average Bonchev–Trinajstić information content (AvgIpc) is 2.36. The summed E-state index contributed by atoms with van der Waals surface area (Å²) in [7, 11) is 0. The van der Waals surface area contributed by atoms with Gasteiger partial charge in [0.05, 0.1) is 11.4 Å². The molecule has 0 spiro atoms. The predicted octanol–water partition coefficient (Wildman–Crippen LogP) is 2.51. The van der Waals surface area contributed by atoms with E-state index >= 15 is 0 Å². The molecule has 0 unspecified atom stereocenters. The average molecular weight is 287 g/mol. The Balaban J connectivity index is 2.70. The fourth-order valence-corrected chi connectivity index (χ4v) is 2.12. The van der Waals surface area contributed by atoms with Crippen LogP contribution in [0.4, 0.5) is 0 Å². The molecule has 2 rings (SSSR count). The highest BCUT2D eigenvalue weighted by molar-refractivity contribution is 6.05. The molecule has 21 heavy (non-hydrogen) atoms. The third-order valence-electron chi connectivity index (χ3n) is 3.02. The quantitative estimate of drug-likeness (QED) is 0.923. The number of aromatic nitrogens is 2. The van der Waals surface area contributed by atoms with Crippen LogP contribution in [0.1, 0.15) is 51.1 Å². The van der Waals surface area contributed by atoms with Gasteiger partial charge in [-0.25, -0.2) is 4.68 Å². The summed E-state index contributed by atoms with van der Waals surface area (Å²) >= 11 is 0. The molecule has 1 heterocycles. The van der Waals surface area contributed by atoms with Gasteiger partial charge in [-0.3, -0.25) is 9.59 Å². The fourth-order valence-electron chi connectivity index (χ4n) is 2.12. The van der Waals surface area contributed by atoms with E-state index in [1.807, 2.05) is 34.6 Å². The molecule has 1 aromatic carbocycles. The first-order chi connectivity index (χ1) is 9.70. The lowest BCUT2D eigenvalue weighted by atomic mass is 10.1. The zero-order chi connectivity index (χ0) is 15.8. The Morgan fingerprint density at radius 1 is 1.19 bits per heavy atom. The van der Waals surface area contributed by atoms with Gasteiger partial charge in [0.25, 0.3) is 11.5 Å². The molecule has 1 aromatic heterocycles. The number of rotatable bonds is 2. The predicted molar refractivity (Wildman–Crippen MR) is 83.6 cm³/mol. The number of carbonyl (C=O) groups excluding carboxylic acids is 1. The van der Waals surface area contributed by atoms with Crippen LogP contribution in [-0.4, -0.2) is 21.2 Å². The Labute approximate surface area is 124 Å². The summed E-state index contributed by atoms with van der Waals surface area (Å²) < 4.78 is 1.36. The second-order valence-electron chi connectivity index (χ2n) is 6.44. The van der Waals surface area contributed by atoms with Crippen LogP contribution in [0.15, 0.2) is 29.1 Å². The van der Waals surface area contributed by atoms with Gasteiger partial charge in [0, 0.05) is 10.9 Å². The van der Waals surface area contributed by atoms with E-state index in [1.54, 1.807) is 24.3 Å². The molecule has 0 atom stereocenters. The Hall–Kier alpha value is -2.17. The molecule has 1 N–H and O–H groups in total. The van der Waals surface area contributed by atoms with E-state index < -0.39 is 0 Å². The van der Waals surface area contributed by atoms with E-state index in [2.05, 4.69) is 10.4 Å². The summed E-state index contributed by atoms with van der Waals surface area (Å²) in [6.45, 7) is 9.46. The summed E-state index contributed by atoms with van der Waals surface area (Å²) in [6, 6.07) is 6.97. The van der Waals surface area contributed by atoms with E-state index in [1.165, 1.54) is 4.68 Å². The number of carbonyl (C=O) groups is 1. The number of hydrogen-bond donors (Lipinski definition) is 1. The number of nitrogens with zero attached hydrogens (tertiary/aromatic N) is 2. The van der Waals surface area contributed by atoms with E-state index in [0.717, 1.165) is 0 Å². The lowest BCUT2D eigenvalue weighted by molar-refractivity contribution is 0.0913. The van der Waals surface area contributed by atoms with Crippen LogP contribution in [0, 0.1) is 0 Å². The first-order valence-electron chi connectivity index (χ1n) is 7.05. The molecule has 0 bridgehead atoms. The number of hydrogen-bond acceptors (Lipinski definition) is 3. The minimum Gasteiger partial charge on any atom is -0.346 e. The number of nitrogens with one attached hydrogen (secondary N) is 1. The molecule has 1 amide bonds. The molecule has 0 saturated heterocycles. The van der Waals surface area contributed by atoms with Crippen molar-refractivity contribution in [3.8, 4) is 0 Å². The van der Waals surface area contributed by atoms with Gasteiger partial charge in [-0.1, -0.05) is 18.2 Å². The van der Waals surface area contributed by atoms with Crippen molar-refractivity contribution in [3.63, 3.8) is 0 Å². The molecule has 0 fully saturated rings. The highest BCUT2D eigenvalue weighted by Crippen LogP contribution is 2.15. The third-order valence-corrected chi connectivity index (χ3v) is 3.02. The van der Waals surface area contributed by atoms with Gasteiger partial charge in [-0.15, -0.1) is 0 Å². The standard InChI is InChI=1S/C16H21N3O2/c1-10(2)19-15(21)12-9-7-6-8-11(12)13(18-19)14(20)17-16(3,4)5/h6-10H,1-5H3,(H,17,20). The maximum atomic E-state index is 12.5. The van der Waals surface area contributed by atoms with Gasteiger partial charge < -0.3 is 5.32 Å². The van der Waals surface area contributed by atoms with Crippen LogP contribution in [0.2, 0.25) is 0 Å². The second-order valence-corrected chi connectivity index (χ2v) is 6.44. The van der Waals surface area contributed by atoms with E-state index in [9.17, 15) is 9.59 Å². The van der Waals surface area contributed by atoms with Gasteiger partial charge >= 0.3 is 0 Å². The van der Waals surface area contributed by atoms with Crippen molar-refractivity contribution in [3.05, 3.63) is 40.3 Å². The molecule has 0 aliphatic rings. The van der Waals surface area contributed by atoms with Crippen molar-refractivity contribution < 1.29 is 4.79 Å². The molecule has 5 nitrogen and oxygen atoms in total. The van der Waals surface area contributed by atoms with Crippen LogP contribution >= 0.6 is 0 Å². The lowest BCUT2D eigenvalue weighted by Crippen LogP contribution is -2.42. The molecular formula is C16H21N3O2. The zero-order valence-electron chi connectivity index (χ0n) is 13.1. The monoisotopic (exact) mass is 287 g/mol. The largest absolute Gasteiger partial charge is 0.346 e. The zero-order valence-corrected chi connectivity index (χ0v) is 13.1. The maximum Gasteiger partial charge on any atom is 0.274 e. The van der Waals surface area contributed by atoms with E-state index in [4.69, 9.17) is 0 Å².